The maximum atomic E-state index is 13.9. The first-order valence-electron chi connectivity index (χ1n) is 7.98. The molecule has 3 rings (SSSR count). The predicted molar refractivity (Wildman–Crippen MR) is 89.7 cm³/mol. The number of halogens is 1. The molecule has 0 bridgehead atoms. The van der Waals surface area contributed by atoms with E-state index < -0.39 is 5.60 Å². The molecule has 4 nitrogen and oxygen atoms in total. The number of nitrogens with zero attached hydrogens (tertiary/aromatic N) is 3. The highest BCUT2D eigenvalue weighted by molar-refractivity contribution is 7.99. The second-order valence-electron chi connectivity index (χ2n) is 6.54. The lowest BCUT2D eigenvalue weighted by Gasteiger charge is -2.34. The topological polar surface area (TPSA) is 50.9 Å². The van der Waals surface area contributed by atoms with Crippen LogP contribution in [-0.2, 0) is 7.05 Å². The average Bonchev–Trinajstić information content (AvgIpc) is 2.90. The van der Waals surface area contributed by atoms with E-state index in [4.69, 9.17) is 0 Å². The van der Waals surface area contributed by atoms with Gasteiger partial charge in [0, 0.05) is 12.8 Å². The largest absolute Gasteiger partial charge is 0.389 e. The third-order valence-corrected chi connectivity index (χ3v) is 5.92. The maximum Gasteiger partial charge on any atom is 0.191 e. The summed E-state index contributed by atoms with van der Waals surface area (Å²) in [6.07, 6.45) is 3.80. The molecule has 0 atom stereocenters. The van der Waals surface area contributed by atoms with Gasteiger partial charge >= 0.3 is 0 Å². The molecule has 124 valence electrons. The smallest absolute Gasteiger partial charge is 0.191 e. The number of hydrogen-bond acceptors (Lipinski definition) is 4. The minimum absolute atomic E-state index is 0.306. The van der Waals surface area contributed by atoms with Crippen LogP contribution in [0.2, 0.25) is 0 Å². The van der Waals surface area contributed by atoms with Crippen molar-refractivity contribution in [3.63, 3.8) is 0 Å². The number of benzene rings is 1. The van der Waals surface area contributed by atoms with Crippen LogP contribution >= 0.6 is 11.8 Å². The molecule has 1 aliphatic rings. The molecule has 0 spiro atoms. The zero-order chi connectivity index (χ0) is 16.4. The van der Waals surface area contributed by atoms with Crippen molar-refractivity contribution in [2.24, 2.45) is 13.0 Å². The van der Waals surface area contributed by atoms with Gasteiger partial charge in [-0.05, 0) is 43.7 Å². The van der Waals surface area contributed by atoms with Gasteiger partial charge in [-0.1, -0.05) is 30.8 Å². The molecular weight excluding hydrogens is 313 g/mol. The van der Waals surface area contributed by atoms with Gasteiger partial charge in [0.15, 0.2) is 11.0 Å². The summed E-state index contributed by atoms with van der Waals surface area (Å²) in [4.78, 5) is 0. The van der Waals surface area contributed by atoms with Gasteiger partial charge < -0.3 is 9.67 Å². The van der Waals surface area contributed by atoms with E-state index in [9.17, 15) is 9.50 Å². The molecule has 23 heavy (non-hydrogen) atoms. The van der Waals surface area contributed by atoms with E-state index in [1.165, 1.54) is 17.8 Å². The fraction of sp³-hybridized carbons (Fsp3) is 0.529. The third kappa shape index (κ3) is 3.58. The van der Waals surface area contributed by atoms with E-state index in [2.05, 4.69) is 17.1 Å². The second-order valence-corrected chi connectivity index (χ2v) is 7.48. The number of thioether (sulfide) groups is 1. The third-order valence-electron chi connectivity index (χ3n) is 4.62. The van der Waals surface area contributed by atoms with Gasteiger partial charge in [-0.25, -0.2) is 4.39 Å². The maximum absolute atomic E-state index is 13.9. The van der Waals surface area contributed by atoms with Crippen molar-refractivity contribution >= 4 is 11.8 Å². The SMILES string of the molecule is CC1CCC(O)(CSc2nnc(-c3ccccc3F)n2C)CC1. The molecule has 1 aliphatic carbocycles. The van der Waals surface area contributed by atoms with Crippen molar-refractivity contribution in [3.05, 3.63) is 30.1 Å². The monoisotopic (exact) mass is 335 g/mol. The molecular formula is C17H22FN3OS. The lowest BCUT2D eigenvalue weighted by molar-refractivity contribution is 0.0149. The molecule has 6 heteroatoms. The van der Waals surface area contributed by atoms with Gasteiger partial charge in [0.05, 0.1) is 11.2 Å². The summed E-state index contributed by atoms with van der Waals surface area (Å²) in [6, 6.07) is 6.56. The predicted octanol–water partition coefficient (Wildman–Crippen LogP) is 3.65. The highest BCUT2D eigenvalue weighted by Gasteiger charge is 2.32. The Labute approximate surface area is 140 Å². The van der Waals surface area contributed by atoms with Gasteiger partial charge in [0.1, 0.15) is 5.82 Å². The summed E-state index contributed by atoms with van der Waals surface area (Å²) in [5, 5.41) is 19.7. The molecule has 1 N–H and O–H groups in total. The molecule has 1 fully saturated rings. The van der Waals surface area contributed by atoms with Crippen LogP contribution in [-0.4, -0.2) is 31.2 Å². The van der Waals surface area contributed by atoms with Gasteiger partial charge in [0.2, 0.25) is 0 Å². The summed E-state index contributed by atoms with van der Waals surface area (Å²) >= 11 is 1.49. The molecule has 1 heterocycles. The fourth-order valence-corrected chi connectivity index (χ4v) is 4.03. The Balaban J connectivity index is 1.72. The fourth-order valence-electron chi connectivity index (χ4n) is 2.96. The summed E-state index contributed by atoms with van der Waals surface area (Å²) in [7, 11) is 1.83. The number of hydrogen-bond donors (Lipinski definition) is 1. The van der Waals surface area contributed by atoms with Crippen molar-refractivity contribution in [3.8, 4) is 11.4 Å². The first-order valence-corrected chi connectivity index (χ1v) is 8.96. The van der Waals surface area contributed by atoms with Crippen molar-refractivity contribution in [1.82, 2.24) is 14.8 Å². The number of rotatable bonds is 4. The molecule has 1 aromatic heterocycles. The lowest BCUT2D eigenvalue weighted by atomic mass is 9.81. The quantitative estimate of drug-likeness (QED) is 0.867. The summed E-state index contributed by atoms with van der Waals surface area (Å²) < 4.78 is 15.7. The van der Waals surface area contributed by atoms with Crippen LogP contribution in [0.1, 0.15) is 32.6 Å². The van der Waals surface area contributed by atoms with E-state index in [1.54, 1.807) is 22.8 Å². The van der Waals surface area contributed by atoms with Crippen molar-refractivity contribution in [2.45, 2.75) is 43.4 Å². The normalized spacial score (nSPS) is 24.8. The minimum Gasteiger partial charge on any atom is -0.389 e. The van der Waals surface area contributed by atoms with Gasteiger partial charge in [-0.3, -0.25) is 0 Å². The lowest BCUT2D eigenvalue weighted by Crippen LogP contribution is -2.36. The van der Waals surface area contributed by atoms with Crippen LogP contribution in [0.15, 0.2) is 29.4 Å². The Morgan fingerprint density at radius 2 is 2.00 bits per heavy atom. The molecule has 0 amide bonds. The van der Waals surface area contributed by atoms with E-state index in [0.29, 0.717) is 28.2 Å². The zero-order valence-corrected chi connectivity index (χ0v) is 14.3. The first kappa shape index (κ1) is 16.5. The Morgan fingerprint density at radius 1 is 1.30 bits per heavy atom. The van der Waals surface area contributed by atoms with Gasteiger partial charge in [-0.15, -0.1) is 10.2 Å². The summed E-state index contributed by atoms with van der Waals surface area (Å²) in [5.41, 5.74) is -0.180. The number of aliphatic hydroxyl groups is 1. The van der Waals surface area contributed by atoms with Crippen molar-refractivity contribution in [1.29, 1.82) is 0 Å². The highest BCUT2D eigenvalue weighted by atomic mass is 32.2. The Kier molecular flexibility index (Phi) is 4.73. The molecule has 0 saturated heterocycles. The van der Waals surface area contributed by atoms with Crippen LogP contribution in [0.4, 0.5) is 4.39 Å². The van der Waals surface area contributed by atoms with Crippen LogP contribution in [0.25, 0.3) is 11.4 Å². The van der Waals surface area contributed by atoms with Gasteiger partial charge in [0.25, 0.3) is 0 Å². The molecule has 1 saturated carbocycles. The minimum atomic E-state index is -0.624. The van der Waals surface area contributed by atoms with Crippen LogP contribution in [0.5, 0.6) is 0 Å². The first-order chi connectivity index (χ1) is 11.0. The van der Waals surface area contributed by atoms with Crippen LogP contribution in [0, 0.1) is 11.7 Å². The highest BCUT2D eigenvalue weighted by Crippen LogP contribution is 2.36. The van der Waals surface area contributed by atoms with E-state index in [-0.39, 0.29) is 5.82 Å². The Morgan fingerprint density at radius 3 is 2.70 bits per heavy atom. The number of aromatic nitrogens is 3. The molecule has 0 aliphatic heterocycles. The van der Waals surface area contributed by atoms with E-state index >= 15 is 0 Å². The van der Waals surface area contributed by atoms with E-state index in [1.807, 2.05) is 7.05 Å². The van der Waals surface area contributed by atoms with Crippen LogP contribution < -0.4 is 0 Å². The standard InChI is InChI=1S/C17H22FN3OS/c1-12-7-9-17(22,10-8-12)11-23-16-20-19-15(21(16)2)13-5-3-4-6-14(13)18/h3-6,12,22H,7-11H2,1-2H3. The summed E-state index contributed by atoms with van der Waals surface area (Å²) in [5.74, 6) is 1.50. The molecule has 1 aromatic carbocycles. The molecule has 0 radical (unpaired) electrons. The Bertz CT molecular complexity index is 680. The second kappa shape index (κ2) is 6.61. The Hall–Kier alpha value is -1.40. The van der Waals surface area contributed by atoms with Crippen molar-refractivity contribution < 1.29 is 9.50 Å². The molecule has 2 aromatic rings. The summed E-state index contributed by atoms with van der Waals surface area (Å²) in [6.45, 7) is 2.23. The average molecular weight is 335 g/mol. The van der Waals surface area contributed by atoms with Crippen LogP contribution in [0.3, 0.4) is 0 Å². The van der Waals surface area contributed by atoms with Crippen molar-refractivity contribution in [2.75, 3.05) is 5.75 Å². The van der Waals surface area contributed by atoms with Gasteiger partial charge in [-0.2, -0.15) is 0 Å². The zero-order valence-electron chi connectivity index (χ0n) is 13.5. The molecule has 0 unspecified atom stereocenters. The van der Waals surface area contributed by atoms with E-state index in [0.717, 1.165) is 25.7 Å².